The fourth-order valence-corrected chi connectivity index (χ4v) is 3.03. The van der Waals surface area contributed by atoms with Crippen molar-refractivity contribution in [1.29, 1.82) is 0 Å². The molecule has 2 aromatic rings. The second-order valence-electron chi connectivity index (χ2n) is 6.73. The first-order valence-corrected chi connectivity index (χ1v) is 9.05. The number of hydrogen-bond donors (Lipinski definition) is 2. The van der Waals surface area contributed by atoms with Crippen molar-refractivity contribution in [2.45, 2.75) is 38.4 Å². The van der Waals surface area contributed by atoms with Crippen molar-refractivity contribution in [2.24, 2.45) is 0 Å². The van der Waals surface area contributed by atoms with Gasteiger partial charge < -0.3 is 10.6 Å². The summed E-state index contributed by atoms with van der Waals surface area (Å²) >= 11 is 1.34. The molecular weight excluding hydrogens is 336 g/mol. The Kier molecular flexibility index (Phi) is 6.25. The van der Waals surface area contributed by atoms with E-state index in [1.54, 1.807) is 6.20 Å². The number of nitrogens with one attached hydrogen (secondary N) is 2. The number of benzene rings is 1. The molecule has 0 unspecified atom stereocenters. The Balaban J connectivity index is 1.88. The van der Waals surface area contributed by atoms with Gasteiger partial charge in [0.15, 0.2) is 5.16 Å². The molecule has 0 spiro atoms. The number of thioether (sulfide) groups is 1. The highest BCUT2D eigenvalue weighted by atomic mass is 32.2. The fraction of sp³-hybridized carbons (Fsp3) is 0.389. The molecule has 0 aliphatic rings. The average Bonchev–Trinajstić information content (AvgIpc) is 2.98. The van der Waals surface area contributed by atoms with Gasteiger partial charge in [0.1, 0.15) is 0 Å². The van der Waals surface area contributed by atoms with Crippen molar-refractivity contribution in [3.05, 3.63) is 42.2 Å². The molecule has 0 saturated heterocycles. The molecule has 2 N–H and O–H groups in total. The number of aromatic nitrogens is 2. The van der Waals surface area contributed by atoms with E-state index in [2.05, 4.69) is 15.6 Å². The van der Waals surface area contributed by atoms with Gasteiger partial charge in [-0.2, -0.15) is 0 Å². The van der Waals surface area contributed by atoms with Crippen molar-refractivity contribution in [1.82, 2.24) is 20.2 Å². The van der Waals surface area contributed by atoms with Crippen LogP contribution in [0.5, 0.6) is 0 Å². The zero-order chi connectivity index (χ0) is 18.4. The maximum Gasteiger partial charge on any atom is 0.239 e. The second-order valence-corrected chi connectivity index (χ2v) is 7.67. The Labute approximate surface area is 152 Å². The lowest BCUT2D eigenvalue weighted by molar-refractivity contribution is -0.125. The zero-order valence-corrected chi connectivity index (χ0v) is 15.8. The van der Waals surface area contributed by atoms with Crippen LogP contribution in [0, 0.1) is 6.92 Å². The predicted molar refractivity (Wildman–Crippen MR) is 99.9 cm³/mol. The largest absolute Gasteiger partial charge is 0.350 e. The normalized spacial score (nSPS) is 11.2. The van der Waals surface area contributed by atoms with Crippen LogP contribution in [-0.4, -0.2) is 39.2 Å². The van der Waals surface area contributed by atoms with Crippen molar-refractivity contribution in [2.75, 3.05) is 12.3 Å². The molecule has 25 heavy (non-hydrogen) atoms. The molecule has 2 rings (SSSR count). The minimum Gasteiger partial charge on any atom is -0.350 e. The Morgan fingerprint density at radius 1 is 1.20 bits per heavy atom. The van der Waals surface area contributed by atoms with E-state index in [1.807, 2.05) is 62.7 Å². The van der Waals surface area contributed by atoms with Crippen molar-refractivity contribution in [3.8, 4) is 5.69 Å². The van der Waals surface area contributed by atoms with E-state index in [0.717, 1.165) is 16.4 Å². The van der Waals surface area contributed by atoms with Crippen LogP contribution in [0.2, 0.25) is 0 Å². The predicted octanol–water partition coefficient (Wildman–Crippen LogP) is 2.30. The first-order chi connectivity index (χ1) is 11.8. The van der Waals surface area contributed by atoms with Crippen LogP contribution in [0.15, 0.2) is 41.8 Å². The lowest BCUT2D eigenvalue weighted by Gasteiger charge is -2.20. The van der Waals surface area contributed by atoms with Crippen LogP contribution in [0.1, 0.15) is 26.3 Å². The molecule has 1 aromatic carbocycles. The third-order valence-electron chi connectivity index (χ3n) is 3.27. The molecule has 0 aliphatic heterocycles. The maximum absolute atomic E-state index is 12.0. The van der Waals surface area contributed by atoms with Gasteiger partial charge in [-0.3, -0.25) is 14.2 Å². The molecule has 0 bridgehead atoms. The molecule has 134 valence electrons. The van der Waals surface area contributed by atoms with Gasteiger partial charge in [0, 0.05) is 17.9 Å². The van der Waals surface area contributed by atoms with Gasteiger partial charge in [-0.1, -0.05) is 30.0 Å². The molecule has 0 radical (unpaired) electrons. The summed E-state index contributed by atoms with van der Waals surface area (Å²) in [6.07, 6.45) is 3.59. The molecule has 6 nitrogen and oxygen atoms in total. The summed E-state index contributed by atoms with van der Waals surface area (Å²) in [4.78, 5) is 28.0. The monoisotopic (exact) mass is 360 g/mol. The summed E-state index contributed by atoms with van der Waals surface area (Å²) in [7, 11) is 0. The summed E-state index contributed by atoms with van der Waals surface area (Å²) in [6.45, 7) is 7.70. The Morgan fingerprint density at radius 3 is 2.60 bits per heavy atom. The Hall–Kier alpha value is -2.28. The number of imidazole rings is 1. The Morgan fingerprint density at radius 2 is 1.92 bits per heavy atom. The lowest BCUT2D eigenvalue weighted by Crippen LogP contribution is -2.46. The van der Waals surface area contributed by atoms with E-state index in [9.17, 15) is 9.59 Å². The summed E-state index contributed by atoms with van der Waals surface area (Å²) < 4.78 is 1.96. The minimum atomic E-state index is -0.311. The van der Waals surface area contributed by atoms with Gasteiger partial charge in [-0.15, -0.1) is 0 Å². The second kappa shape index (κ2) is 8.20. The van der Waals surface area contributed by atoms with Gasteiger partial charge in [-0.25, -0.2) is 4.98 Å². The van der Waals surface area contributed by atoms with Crippen LogP contribution in [0.3, 0.4) is 0 Å². The van der Waals surface area contributed by atoms with Gasteiger partial charge >= 0.3 is 0 Å². The summed E-state index contributed by atoms with van der Waals surface area (Å²) in [5.41, 5.74) is 1.85. The Bertz CT molecular complexity index is 750. The SMILES string of the molecule is Cc1ccccc1-n1ccnc1SCC(=O)NCC(=O)NC(C)(C)C. The van der Waals surface area contributed by atoms with E-state index in [1.165, 1.54) is 11.8 Å². The highest BCUT2D eigenvalue weighted by Gasteiger charge is 2.15. The lowest BCUT2D eigenvalue weighted by atomic mass is 10.1. The molecule has 0 fully saturated rings. The molecule has 1 heterocycles. The first kappa shape index (κ1) is 19.1. The van der Waals surface area contributed by atoms with Crippen LogP contribution in [0.4, 0.5) is 0 Å². The molecule has 0 aliphatic carbocycles. The number of rotatable bonds is 6. The van der Waals surface area contributed by atoms with Crippen LogP contribution in [0.25, 0.3) is 5.69 Å². The molecule has 2 amide bonds. The van der Waals surface area contributed by atoms with E-state index in [-0.39, 0.29) is 29.7 Å². The van der Waals surface area contributed by atoms with E-state index >= 15 is 0 Å². The number of carbonyl (C=O) groups excluding carboxylic acids is 2. The number of para-hydroxylation sites is 1. The molecule has 0 saturated carbocycles. The molecule has 7 heteroatoms. The highest BCUT2D eigenvalue weighted by molar-refractivity contribution is 7.99. The fourth-order valence-electron chi connectivity index (χ4n) is 2.24. The number of amides is 2. The van der Waals surface area contributed by atoms with Crippen LogP contribution < -0.4 is 10.6 Å². The molecular formula is C18H24N4O2S. The van der Waals surface area contributed by atoms with E-state index < -0.39 is 0 Å². The van der Waals surface area contributed by atoms with Crippen molar-refractivity contribution >= 4 is 23.6 Å². The zero-order valence-electron chi connectivity index (χ0n) is 15.0. The van der Waals surface area contributed by atoms with Crippen molar-refractivity contribution in [3.63, 3.8) is 0 Å². The third-order valence-corrected chi connectivity index (χ3v) is 4.24. The smallest absolute Gasteiger partial charge is 0.239 e. The molecule has 1 aromatic heterocycles. The number of carbonyl (C=O) groups is 2. The summed E-state index contributed by atoms with van der Waals surface area (Å²) in [6, 6.07) is 8.00. The van der Waals surface area contributed by atoms with Crippen molar-refractivity contribution < 1.29 is 9.59 Å². The quantitative estimate of drug-likeness (QED) is 0.775. The summed E-state index contributed by atoms with van der Waals surface area (Å²) in [5.74, 6) is -0.202. The van der Waals surface area contributed by atoms with Crippen LogP contribution in [-0.2, 0) is 9.59 Å². The highest BCUT2D eigenvalue weighted by Crippen LogP contribution is 2.22. The first-order valence-electron chi connectivity index (χ1n) is 8.06. The number of hydrogen-bond acceptors (Lipinski definition) is 4. The minimum absolute atomic E-state index is 0.0249. The number of aryl methyl sites for hydroxylation is 1. The van der Waals surface area contributed by atoms with Gasteiger partial charge in [-0.05, 0) is 39.3 Å². The average molecular weight is 360 g/mol. The van der Waals surface area contributed by atoms with E-state index in [0.29, 0.717) is 0 Å². The third kappa shape index (κ3) is 5.94. The van der Waals surface area contributed by atoms with Crippen LogP contribution >= 0.6 is 11.8 Å². The van der Waals surface area contributed by atoms with E-state index in [4.69, 9.17) is 0 Å². The van der Waals surface area contributed by atoms with Gasteiger partial charge in [0.25, 0.3) is 0 Å². The number of nitrogens with zero attached hydrogens (tertiary/aromatic N) is 2. The summed E-state index contributed by atoms with van der Waals surface area (Å²) in [5, 5.41) is 6.17. The van der Waals surface area contributed by atoms with Gasteiger partial charge in [0.05, 0.1) is 18.0 Å². The topological polar surface area (TPSA) is 76.0 Å². The maximum atomic E-state index is 12.0. The van der Waals surface area contributed by atoms with Gasteiger partial charge in [0.2, 0.25) is 11.8 Å². The molecule has 0 atom stereocenters. The standard InChI is InChI=1S/C18H24N4O2S/c1-13-7-5-6-8-14(13)22-10-9-19-17(22)25-12-16(24)20-11-15(23)21-18(2,3)4/h5-10H,11-12H2,1-4H3,(H,20,24)(H,21,23).